The molecule has 0 fully saturated rings. The summed E-state index contributed by atoms with van der Waals surface area (Å²) in [5.74, 6) is 0.919. The third-order valence-electron chi connectivity index (χ3n) is 9.41. The van der Waals surface area contributed by atoms with Gasteiger partial charge in [-0.25, -0.2) is 4.98 Å². The summed E-state index contributed by atoms with van der Waals surface area (Å²) in [6.45, 7) is -3.65. The molecule has 9 rings (SSSR count). The minimum atomic E-state index is -2.83. The molecule has 214 valence electrons. The lowest BCUT2D eigenvalue weighted by Gasteiger charge is -2.23. The molecule has 0 aliphatic heterocycles. The number of nitrogens with zero attached hydrogens (tertiary/aromatic N) is 2. The SMILES string of the molecule is [2H]C([2H])([2H])C1(C([2H])([2H])[2H])c2ccccc2-c2ccc(-c3c4ccccc4c(-c4ccc(-n5c(C)nc6ccccc65)cc4)c4ccccc34)cc21. The van der Waals surface area contributed by atoms with Crippen LogP contribution in [0.3, 0.4) is 0 Å². The molecule has 0 radical (unpaired) electrons. The van der Waals surface area contributed by atoms with Crippen molar-refractivity contribution in [1.29, 1.82) is 0 Å². The molecular formula is C43H32N2. The van der Waals surface area contributed by atoms with Crippen molar-refractivity contribution in [3.05, 3.63) is 156 Å². The second-order valence-electron chi connectivity index (χ2n) is 11.9. The third kappa shape index (κ3) is 3.72. The highest BCUT2D eigenvalue weighted by atomic mass is 15.1. The van der Waals surface area contributed by atoms with Crippen LogP contribution in [0.2, 0.25) is 0 Å². The maximum Gasteiger partial charge on any atom is 0.111 e. The minimum Gasteiger partial charge on any atom is -0.297 e. The first kappa shape index (κ1) is 20.5. The van der Waals surface area contributed by atoms with E-state index in [-0.39, 0.29) is 0 Å². The van der Waals surface area contributed by atoms with Gasteiger partial charge in [0.05, 0.1) is 11.0 Å². The van der Waals surface area contributed by atoms with Gasteiger partial charge in [0.25, 0.3) is 0 Å². The number of rotatable bonds is 3. The van der Waals surface area contributed by atoms with Crippen molar-refractivity contribution in [3.8, 4) is 39.1 Å². The Morgan fingerprint density at radius 1 is 0.556 bits per heavy atom. The van der Waals surface area contributed by atoms with E-state index in [0.29, 0.717) is 22.3 Å². The Labute approximate surface area is 271 Å². The number of benzene rings is 7. The summed E-state index contributed by atoms with van der Waals surface area (Å²) in [6.07, 6.45) is 0. The summed E-state index contributed by atoms with van der Waals surface area (Å²) in [4.78, 5) is 4.76. The summed E-state index contributed by atoms with van der Waals surface area (Å²) in [7, 11) is 0. The van der Waals surface area contributed by atoms with Crippen LogP contribution in [0.1, 0.15) is 38.9 Å². The zero-order valence-electron chi connectivity index (χ0n) is 30.7. The van der Waals surface area contributed by atoms with Gasteiger partial charge < -0.3 is 0 Å². The van der Waals surface area contributed by atoms with Gasteiger partial charge in [-0.1, -0.05) is 123 Å². The number of aryl methyl sites for hydroxylation is 1. The third-order valence-corrected chi connectivity index (χ3v) is 9.41. The molecule has 7 aromatic carbocycles. The summed E-state index contributed by atoms with van der Waals surface area (Å²) in [6, 6.07) is 46.0. The quantitative estimate of drug-likeness (QED) is 0.189. The minimum absolute atomic E-state index is 0.316. The zero-order valence-corrected chi connectivity index (χ0v) is 24.7. The van der Waals surface area contributed by atoms with Crippen molar-refractivity contribution >= 4 is 32.6 Å². The lowest BCUT2D eigenvalue weighted by molar-refractivity contribution is 0.660. The first-order valence-corrected chi connectivity index (χ1v) is 15.2. The summed E-state index contributed by atoms with van der Waals surface area (Å²) >= 11 is 0. The van der Waals surface area contributed by atoms with E-state index in [2.05, 4.69) is 59.2 Å². The van der Waals surface area contributed by atoms with Gasteiger partial charge >= 0.3 is 0 Å². The van der Waals surface area contributed by atoms with Crippen LogP contribution >= 0.6 is 0 Å². The Morgan fingerprint density at radius 3 is 1.80 bits per heavy atom. The van der Waals surface area contributed by atoms with E-state index in [9.17, 15) is 0 Å². The lowest BCUT2D eigenvalue weighted by atomic mass is 9.80. The van der Waals surface area contributed by atoms with Crippen molar-refractivity contribution in [2.75, 3.05) is 0 Å². The molecular weight excluding hydrogens is 544 g/mol. The molecule has 8 aromatic rings. The molecule has 2 heteroatoms. The molecule has 1 heterocycles. The molecule has 0 N–H and O–H groups in total. The van der Waals surface area contributed by atoms with Crippen LogP contribution in [-0.4, -0.2) is 9.55 Å². The zero-order chi connectivity index (χ0) is 35.3. The highest BCUT2D eigenvalue weighted by Crippen LogP contribution is 2.51. The topological polar surface area (TPSA) is 17.8 Å². The first-order chi connectivity index (χ1) is 24.5. The van der Waals surface area contributed by atoms with Gasteiger partial charge in [0.15, 0.2) is 0 Å². The van der Waals surface area contributed by atoms with E-state index in [1.165, 1.54) is 0 Å². The highest BCUT2D eigenvalue weighted by Gasteiger charge is 2.35. The summed E-state index contributed by atoms with van der Waals surface area (Å²) < 4.78 is 54.6. The molecule has 1 aromatic heterocycles. The van der Waals surface area contributed by atoms with Gasteiger partial charge in [0.2, 0.25) is 0 Å². The second kappa shape index (κ2) is 9.51. The van der Waals surface area contributed by atoms with E-state index < -0.39 is 19.1 Å². The molecule has 0 bridgehead atoms. The van der Waals surface area contributed by atoms with E-state index in [4.69, 9.17) is 13.2 Å². The largest absolute Gasteiger partial charge is 0.297 e. The van der Waals surface area contributed by atoms with Crippen LogP contribution in [0.25, 0.3) is 71.6 Å². The number of hydrogen-bond acceptors (Lipinski definition) is 1. The van der Waals surface area contributed by atoms with E-state index in [0.717, 1.165) is 66.3 Å². The van der Waals surface area contributed by atoms with Crippen molar-refractivity contribution < 1.29 is 8.22 Å². The van der Waals surface area contributed by atoms with Crippen LogP contribution in [-0.2, 0) is 5.41 Å². The molecule has 0 saturated heterocycles. The van der Waals surface area contributed by atoms with Crippen molar-refractivity contribution in [3.63, 3.8) is 0 Å². The fourth-order valence-electron chi connectivity index (χ4n) is 7.43. The van der Waals surface area contributed by atoms with Gasteiger partial charge in [0.1, 0.15) is 5.82 Å². The second-order valence-corrected chi connectivity index (χ2v) is 11.9. The molecule has 0 atom stereocenters. The van der Waals surface area contributed by atoms with Gasteiger partial charge in [0, 0.05) is 19.3 Å². The van der Waals surface area contributed by atoms with Crippen LogP contribution in [0, 0.1) is 6.92 Å². The fraction of sp³-hybridized carbons (Fsp3) is 0.0930. The van der Waals surface area contributed by atoms with Gasteiger partial charge in [-0.3, -0.25) is 4.57 Å². The number of para-hydroxylation sites is 2. The predicted octanol–water partition coefficient (Wildman–Crippen LogP) is 11.3. The fourth-order valence-corrected chi connectivity index (χ4v) is 7.43. The molecule has 1 aliphatic carbocycles. The smallest absolute Gasteiger partial charge is 0.111 e. The van der Waals surface area contributed by atoms with Crippen LogP contribution in [0.4, 0.5) is 0 Å². The van der Waals surface area contributed by atoms with Gasteiger partial charge in [-0.15, -0.1) is 0 Å². The molecule has 0 amide bonds. The van der Waals surface area contributed by atoms with Crippen molar-refractivity contribution in [2.24, 2.45) is 0 Å². The molecule has 45 heavy (non-hydrogen) atoms. The molecule has 2 nitrogen and oxygen atoms in total. The van der Waals surface area contributed by atoms with E-state index >= 15 is 0 Å². The lowest BCUT2D eigenvalue weighted by Crippen LogP contribution is -2.14. The van der Waals surface area contributed by atoms with E-state index in [1.807, 2.05) is 79.7 Å². The Morgan fingerprint density at radius 2 is 1.11 bits per heavy atom. The maximum atomic E-state index is 8.74. The van der Waals surface area contributed by atoms with Crippen LogP contribution in [0.5, 0.6) is 0 Å². The van der Waals surface area contributed by atoms with Crippen LogP contribution in [0.15, 0.2) is 140 Å². The molecule has 1 aliphatic rings. The van der Waals surface area contributed by atoms with Crippen LogP contribution < -0.4 is 0 Å². The van der Waals surface area contributed by atoms with Gasteiger partial charge in [-0.2, -0.15) is 0 Å². The average Bonchev–Trinajstić information content (AvgIpc) is 3.62. The summed E-state index contributed by atoms with van der Waals surface area (Å²) in [5, 5.41) is 4.08. The molecule has 0 spiro atoms. The Kier molecular flexibility index (Phi) is 4.33. The number of imidazole rings is 1. The van der Waals surface area contributed by atoms with Crippen molar-refractivity contribution in [1.82, 2.24) is 9.55 Å². The van der Waals surface area contributed by atoms with Gasteiger partial charge in [-0.05, 0) is 103 Å². The Balaban J connectivity index is 1.28. The maximum absolute atomic E-state index is 8.74. The standard InChI is InChI=1S/C43H32N2/c1-27-44-39-18-10-11-19-40(39)45(27)30-23-20-28(21-24-30)41-33-13-4-6-15-35(33)42(36-16-7-5-14-34(36)41)29-22-25-32-31-12-8-9-17-37(31)43(2,3)38(32)26-29/h4-26H,1-3H3/i2D3,3D3. The molecule has 0 saturated carbocycles. The number of aromatic nitrogens is 2. The first-order valence-electron chi connectivity index (χ1n) is 18.2. The average molecular weight is 583 g/mol. The number of hydrogen-bond donors (Lipinski definition) is 0. The van der Waals surface area contributed by atoms with E-state index in [1.54, 1.807) is 12.1 Å². The number of fused-ring (bicyclic) bond motifs is 6. The highest BCUT2D eigenvalue weighted by molar-refractivity contribution is 6.21. The predicted molar refractivity (Wildman–Crippen MR) is 189 cm³/mol. The monoisotopic (exact) mass is 582 g/mol. The van der Waals surface area contributed by atoms with Crippen molar-refractivity contribution in [2.45, 2.75) is 26.0 Å². The summed E-state index contributed by atoms with van der Waals surface area (Å²) in [5.41, 5.74) is 6.67. The Hall–Kier alpha value is -5.47. The molecule has 0 unspecified atom stereocenters. The Bertz CT molecular complexity index is 2610. The normalized spacial score (nSPS) is 15.9.